The molecule has 9 heteroatoms. The van der Waals surface area contributed by atoms with Crippen LogP contribution in [0.15, 0.2) is 65.1 Å². The summed E-state index contributed by atoms with van der Waals surface area (Å²) in [6.07, 6.45) is 2.77. The highest BCUT2D eigenvalue weighted by Crippen LogP contribution is 2.24. The molecule has 0 atom stereocenters. The number of hydrogen-bond acceptors (Lipinski definition) is 4. The molecular weight excluding hydrogens is 447 g/mol. The Morgan fingerprint density at radius 3 is 2.47 bits per heavy atom. The maximum absolute atomic E-state index is 12.1. The first-order valence-corrected chi connectivity index (χ1v) is 9.67. The fourth-order valence-electron chi connectivity index (χ4n) is 2.45. The normalized spacial score (nSPS) is 10.7. The number of thiocarbonyl (C=S) groups is 1. The Morgan fingerprint density at radius 2 is 1.77 bits per heavy atom. The van der Waals surface area contributed by atoms with Gasteiger partial charge in [0.2, 0.25) is 5.91 Å². The summed E-state index contributed by atoms with van der Waals surface area (Å²) in [6, 6.07) is 15.0. The zero-order valence-electron chi connectivity index (χ0n) is 15.2. The van der Waals surface area contributed by atoms with Crippen LogP contribution in [0.4, 0.5) is 5.69 Å². The van der Waals surface area contributed by atoms with Gasteiger partial charge in [-0.25, -0.2) is 4.79 Å². The molecule has 1 aromatic heterocycles. The summed E-state index contributed by atoms with van der Waals surface area (Å²) < 4.78 is 5.68. The number of amides is 1. The third-order valence-corrected chi connectivity index (χ3v) is 4.63. The van der Waals surface area contributed by atoms with Crippen molar-refractivity contribution in [3.8, 4) is 11.3 Å². The molecule has 2 aromatic carbocycles. The molecular formula is C21H14Cl2N2O4S. The van der Waals surface area contributed by atoms with Crippen LogP contribution < -0.4 is 10.6 Å². The fraction of sp³-hybridized carbons (Fsp3) is 0. The number of anilines is 1. The summed E-state index contributed by atoms with van der Waals surface area (Å²) in [4.78, 5) is 23.2. The lowest BCUT2D eigenvalue weighted by atomic mass is 10.2. The summed E-state index contributed by atoms with van der Waals surface area (Å²) in [5.41, 5.74) is 1.16. The number of halogens is 2. The second-order valence-corrected chi connectivity index (χ2v) is 7.24. The molecule has 0 unspecified atom stereocenters. The average Bonchev–Trinajstić information content (AvgIpc) is 3.17. The highest BCUT2D eigenvalue weighted by molar-refractivity contribution is 7.80. The highest BCUT2D eigenvalue weighted by atomic mass is 35.5. The summed E-state index contributed by atoms with van der Waals surface area (Å²) in [5, 5.41) is 15.0. The van der Waals surface area contributed by atoms with Crippen LogP contribution in [0.1, 0.15) is 16.1 Å². The monoisotopic (exact) mass is 460 g/mol. The van der Waals surface area contributed by atoms with Crippen LogP contribution >= 0.6 is 35.4 Å². The minimum absolute atomic E-state index is 0.00427. The molecule has 152 valence electrons. The minimum Gasteiger partial charge on any atom is -0.478 e. The van der Waals surface area contributed by atoms with E-state index in [9.17, 15) is 9.59 Å². The number of rotatable bonds is 5. The van der Waals surface area contributed by atoms with Gasteiger partial charge in [-0.3, -0.25) is 10.1 Å². The molecule has 0 aliphatic heterocycles. The molecule has 0 bridgehead atoms. The minimum atomic E-state index is -1.17. The molecule has 1 amide bonds. The fourth-order valence-corrected chi connectivity index (χ4v) is 3.00. The molecule has 0 saturated heterocycles. The lowest BCUT2D eigenvalue weighted by molar-refractivity contribution is -0.115. The third-order valence-electron chi connectivity index (χ3n) is 3.85. The molecule has 0 saturated carbocycles. The number of aromatic carboxylic acids is 1. The maximum Gasteiger partial charge on any atom is 0.337 e. The van der Waals surface area contributed by atoms with E-state index in [1.165, 1.54) is 24.3 Å². The van der Waals surface area contributed by atoms with Crippen molar-refractivity contribution < 1.29 is 19.1 Å². The van der Waals surface area contributed by atoms with E-state index in [1.54, 1.807) is 30.3 Å². The van der Waals surface area contributed by atoms with Gasteiger partial charge in [-0.05, 0) is 72.9 Å². The molecule has 0 aliphatic carbocycles. The zero-order valence-corrected chi connectivity index (χ0v) is 17.5. The Kier molecular flexibility index (Phi) is 6.89. The van der Waals surface area contributed by atoms with E-state index in [0.717, 1.165) is 5.56 Å². The van der Waals surface area contributed by atoms with Crippen LogP contribution in [-0.4, -0.2) is 22.1 Å². The van der Waals surface area contributed by atoms with Crippen molar-refractivity contribution in [3.05, 3.63) is 82.0 Å². The predicted molar refractivity (Wildman–Crippen MR) is 121 cm³/mol. The lowest BCUT2D eigenvalue weighted by Gasteiger charge is -2.09. The largest absolute Gasteiger partial charge is 0.478 e. The quantitative estimate of drug-likeness (QED) is 0.345. The van der Waals surface area contributed by atoms with Gasteiger partial charge in [0.1, 0.15) is 11.5 Å². The summed E-state index contributed by atoms with van der Waals surface area (Å²) >= 11 is 16.8. The van der Waals surface area contributed by atoms with E-state index in [0.29, 0.717) is 22.2 Å². The van der Waals surface area contributed by atoms with E-state index in [2.05, 4.69) is 10.6 Å². The van der Waals surface area contributed by atoms with Crippen LogP contribution in [0.25, 0.3) is 17.4 Å². The van der Waals surface area contributed by atoms with E-state index in [-0.39, 0.29) is 15.7 Å². The van der Waals surface area contributed by atoms with Gasteiger partial charge in [-0.1, -0.05) is 23.2 Å². The Labute approximate surface area is 187 Å². The molecule has 30 heavy (non-hydrogen) atoms. The molecule has 0 aliphatic rings. The van der Waals surface area contributed by atoms with Gasteiger partial charge in [0, 0.05) is 22.3 Å². The maximum atomic E-state index is 12.1. The SMILES string of the molecule is O=C(/C=C/c1ccc(-c2ccc(Cl)cc2)o1)NC(=S)Nc1ccc(Cl)c(C(=O)O)c1. The van der Waals surface area contributed by atoms with Gasteiger partial charge in [-0.2, -0.15) is 0 Å². The van der Waals surface area contributed by atoms with Crippen LogP contribution in [0.3, 0.4) is 0 Å². The second kappa shape index (κ2) is 9.58. The molecule has 0 radical (unpaired) electrons. The van der Waals surface area contributed by atoms with Gasteiger partial charge in [-0.15, -0.1) is 0 Å². The van der Waals surface area contributed by atoms with E-state index < -0.39 is 11.9 Å². The van der Waals surface area contributed by atoms with E-state index in [4.69, 9.17) is 44.9 Å². The van der Waals surface area contributed by atoms with Gasteiger partial charge >= 0.3 is 5.97 Å². The Morgan fingerprint density at radius 1 is 1.03 bits per heavy atom. The molecule has 0 spiro atoms. The first-order chi connectivity index (χ1) is 14.3. The number of carbonyl (C=O) groups excluding carboxylic acids is 1. The van der Waals surface area contributed by atoms with Crippen molar-refractivity contribution in [2.75, 3.05) is 5.32 Å². The predicted octanol–water partition coefficient (Wildman–Crippen LogP) is 5.48. The second-order valence-electron chi connectivity index (χ2n) is 5.99. The van der Waals surface area contributed by atoms with Gasteiger partial charge < -0.3 is 14.8 Å². The smallest absolute Gasteiger partial charge is 0.337 e. The zero-order chi connectivity index (χ0) is 21.7. The standard InChI is InChI=1S/C21H14Cl2N2O4S/c22-13-3-1-12(2-4-13)18-9-6-15(29-18)7-10-19(26)25-21(30)24-14-5-8-17(23)16(11-14)20(27)28/h1-11H,(H,27,28)(H2,24,25,26,30)/b10-7+. The van der Waals surface area contributed by atoms with Gasteiger partial charge in [0.25, 0.3) is 0 Å². The Balaban J connectivity index is 1.58. The van der Waals surface area contributed by atoms with Crippen molar-refractivity contribution in [2.24, 2.45) is 0 Å². The number of carbonyl (C=O) groups is 2. The number of hydrogen-bond donors (Lipinski definition) is 3. The number of carboxylic acid groups (broad SMARTS) is 1. The van der Waals surface area contributed by atoms with Crippen molar-refractivity contribution >= 4 is 64.2 Å². The summed E-state index contributed by atoms with van der Waals surface area (Å²) in [7, 11) is 0. The molecule has 3 aromatic rings. The number of benzene rings is 2. The molecule has 3 N–H and O–H groups in total. The molecule has 1 heterocycles. The van der Waals surface area contributed by atoms with Crippen molar-refractivity contribution in [1.29, 1.82) is 0 Å². The molecule has 0 fully saturated rings. The molecule has 6 nitrogen and oxygen atoms in total. The third kappa shape index (κ3) is 5.70. The van der Waals surface area contributed by atoms with Crippen molar-refractivity contribution in [1.82, 2.24) is 5.32 Å². The van der Waals surface area contributed by atoms with Gasteiger partial charge in [0.15, 0.2) is 5.11 Å². The first kappa shape index (κ1) is 21.6. The van der Waals surface area contributed by atoms with Crippen molar-refractivity contribution in [2.45, 2.75) is 0 Å². The number of furan rings is 1. The summed E-state index contributed by atoms with van der Waals surface area (Å²) in [6.45, 7) is 0. The number of nitrogens with one attached hydrogen (secondary N) is 2. The first-order valence-electron chi connectivity index (χ1n) is 8.50. The number of carboxylic acids is 1. The van der Waals surface area contributed by atoms with E-state index >= 15 is 0 Å². The topological polar surface area (TPSA) is 91.6 Å². The lowest BCUT2D eigenvalue weighted by Crippen LogP contribution is -2.32. The van der Waals surface area contributed by atoms with Crippen LogP contribution in [0, 0.1) is 0 Å². The van der Waals surface area contributed by atoms with Crippen LogP contribution in [0.2, 0.25) is 10.0 Å². The summed E-state index contributed by atoms with van der Waals surface area (Å²) in [5.74, 6) is -0.527. The highest BCUT2D eigenvalue weighted by Gasteiger charge is 2.10. The molecule has 3 rings (SSSR count). The van der Waals surface area contributed by atoms with E-state index in [1.807, 2.05) is 12.1 Å². The Hall–Kier alpha value is -3.13. The van der Waals surface area contributed by atoms with Crippen LogP contribution in [0.5, 0.6) is 0 Å². The van der Waals surface area contributed by atoms with Gasteiger partial charge in [0.05, 0.1) is 10.6 Å². The van der Waals surface area contributed by atoms with Crippen molar-refractivity contribution in [3.63, 3.8) is 0 Å². The Bertz CT molecular complexity index is 1140. The van der Waals surface area contributed by atoms with Crippen LogP contribution in [-0.2, 0) is 4.79 Å². The average molecular weight is 461 g/mol.